The Morgan fingerprint density at radius 3 is 0.774 bits per heavy atom. The van der Waals surface area contributed by atoms with E-state index in [0.29, 0.717) is 0 Å². The molecule has 53 heavy (non-hydrogen) atoms. The van der Waals surface area contributed by atoms with Gasteiger partial charge in [0, 0.05) is 135 Å². The number of rotatable bonds is 8. The summed E-state index contributed by atoms with van der Waals surface area (Å²) in [5.41, 5.74) is 4.23. The van der Waals surface area contributed by atoms with E-state index in [2.05, 4.69) is 77.7 Å². The molecule has 2 aliphatic heterocycles. The molecule has 0 fully saturated rings. The van der Waals surface area contributed by atoms with Crippen LogP contribution in [0.3, 0.4) is 0 Å². The molecule has 4 aromatic heterocycles. The van der Waals surface area contributed by atoms with Gasteiger partial charge < -0.3 is 19.6 Å². The van der Waals surface area contributed by atoms with Gasteiger partial charge in [0.15, 0.2) is 0 Å². The van der Waals surface area contributed by atoms with Crippen molar-refractivity contribution in [3.8, 4) is 24.3 Å². The molecule has 289 valence electrons. The van der Waals surface area contributed by atoms with Crippen molar-refractivity contribution in [3.05, 3.63) is 158 Å². The molecule has 0 aliphatic carbocycles. The van der Waals surface area contributed by atoms with Crippen molar-refractivity contribution >= 4 is 0 Å². The van der Waals surface area contributed by atoms with Gasteiger partial charge in [-0.2, -0.15) is 34.4 Å². The van der Waals surface area contributed by atoms with Crippen LogP contribution in [-0.4, -0.2) is 39.5 Å². The third kappa shape index (κ3) is 25.6. The SMILES string of the molecule is C1=CN(Cc2ccccn2)[CH-]N1Cc1ccccn1.C1=CN(Cc2ccccn2)[CH-]N1Cc1ccccn1.CC#N.CC#N.CC#N.CC#N.[Au].[Cu].[Cu]. The summed E-state index contributed by atoms with van der Waals surface area (Å²) in [4.78, 5) is 25.8. The Morgan fingerprint density at radius 1 is 0.434 bits per heavy atom. The van der Waals surface area contributed by atoms with Crippen molar-refractivity contribution in [2.45, 2.75) is 53.9 Å². The summed E-state index contributed by atoms with van der Waals surface area (Å²) in [5.74, 6) is 0. The Hall–Kier alpha value is -4.98. The van der Waals surface area contributed by atoms with E-state index in [1.807, 2.05) is 97.6 Å². The van der Waals surface area contributed by atoms with E-state index >= 15 is 0 Å². The van der Waals surface area contributed by atoms with Crippen molar-refractivity contribution in [2.24, 2.45) is 0 Å². The molecule has 4 aromatic rings. The normalized spacial score (nSPS) is 10.7. The molecule has 15 heteroatoms. The van der Waals surface area contributed by atoms with Gasteiger partial charge in [0.2, 0.25) is 0 Å². The third-order valence-corrected chi connectivity index (χ3v) is 5.78. The molecule has 0 bridgehead atoms. The number of nitrogens with zero attached hydrogens (tertiary/aromatic N) is 12. The minimum atomic E-state index is 0. The van der Waals surface area contributed by atoms with Crippen LogP contribution in [0.15, 0.2) is 122 Å². The van der Waals surface area contributed by atoms with E-state index in [4.69, 9.17) is 21.0 Å². The Kier molecular flexibility index (Phi) is 35.0. The average molecular weight is 991 g/mol. The monoisotopic (exact) mass is 989 g/mol. The van der Waals surface area contributed by atoms with Crippen LogP contribution in [-0.2, 0) is 82.7 Å². The summed E-state index contributed by atoms with van der Waals surface area (Å²) in [6, 6.07) is 30.9. The average Bonchev–Trinajstić information content (AvgIpc) is 3.77. The van der Waals surface area contributed by atoms with E-state index in [1.165, 1.54) is 27.7 Å². The van der Waals surface area contributed by atoms with Gasteiger partial charge in [0.25, 0.3) is 0 Å². The van der Waals surface area contributed by atoms with Crippen LogP contribution >= 0.6 is 0 Å². The van der Waals surface area contributed by atoms with E-state index in [-0.39, 0.29) is 56.5 Å². The minimum absolute atomic E-state index is 0. The molecular formula is C38H42AuCu2N12-2. The first kappa shape index (κ1) is 52.4. The maximum absolute atomic E-state index is 7.32. The van der Waals surface area contributed by atoms with Crippen molar-refractivity contribution in [2.75, 3.05) is 0 Å². The standard InChI is InChI=1S/2C15H15N4.4C2H3N.Au.2Cu/c2*1-3-7-16-14(5-1)11-18-9-10-19(13-18)12-15-6-2-4-8-17-15;4*1-2-3;;;/h2*1-10,13H,11-12H2;4*1H3;;;/q2*-1;;;;;;;. The first-order valence-corrected chi connectivity index (χ1v) is 15.4. The Labute approximate surface area is 351 Å². The van der Waals surface area contributed by atoms with Gasteiger partial charge >= 0.3 is 0 Å². The van der Waals surface area contributed by atoms with Gasteiger partial charge in [0.1, 0.15) is 0 Å². The zero-order chi connectivity index (χ0) is 36.7. The van der Waals surface area contributed by atoms with Crippen LogP contribution in [0.4, 0.5) is 0 Å². The Bertz CT molecular complexity index is 1420. The van der Waals surface area contributed by atoms with Crippen LogP contribution in [0.1, 0.15) is 50.5 Å². The van der Waals surface area contributed by atoms with Crippen LogP contribution < -0.4 is 0 Å². The smallest absolute Gasteiger partial charge is 0.0587 e. The molecule has 0 spiro atoms. The summed E-state index contributed by atoms with van der Waals surface area (Å²) >= 11 is 0. The maximum atomic E-state index is 7.32. The molecule has 12 nitrogen and oxygen atoms in total. The zero-order valence-corrected chi connectivity index (χ0v) is 33.9. The predicted molar refractivity (Wildman–Crippen MR) is 191 cm³/mol. The molecule has 0 amide bonds. The fraction of sp³-hybridized carbons (Fsp3) is 0.211. The summed E-state index contributed by atoms with van der Waals surface area (Å²) < 4.78 is 0. The van der Waals surface area contributed by atoms with Gasteiger partial charge in [-0.05, 0) is 73.3 Å². The van der Waals surface area contributed by atoms with Gasteiger partial charge in [-0.15, -0.1) is 0 Å². The minimum Gasteiger partial charge on any atom is -0.503 e. The van der Waals surface area contributed by atoms with Crippen molar-refractivity contribution < 1.29 is 56.5 Å². The van der Waals surface area contributed by atoms with Gasteiger partial charge in [0.05, 0.1) is 47.1 Å². The summed E-state index contributed by atoms with van der Waals surface area (Å²) in [7, 11) is 0. The second-order valence-electron chi connectivity index (χ2n) is 9.70. The topological polar surface area (TPSA) is 160 Å². The molecule has 6 heterocycles. The van der Waals surface area contributed by atoms with Gasteiger partial charge in [-0.3, -0.25) is 19.9 Å². The second-order valence-corrected chi connectivity index (χ2v) is 9.70. The molecule has 0 saturated carbocycles. The van der Waals surface area contributed by atoms with Crippen molar-refractivity contribution in [1.29, 1.82) is 21.0 Å². The first-order chi connectivity index (χ1) is 24.5. The Balaban J connectivity index is -0.000000698. The number of nitriles is 4. The van der Waals surface area contributed by atoms with Crippen molar-refractivity contribution in [1.82, 2.24) is 39.5 Å². The van der Waals surface area contributed by atoms with E-state index < -0.39 is 0 Å². The molecule has 0 aromatic carbocycles. The molecule has 0 unspecified atom stereocenters. The summed E-state index contributed by atoms with van der Waals surface area (Å²) in [6.45, 7) is 13.0. The van der Waals surface area contributed by atoms with Crippen LogP contribution in [0.5, 0.6) is 0 Å². The molecule has 3 radical (unpaired) electrons. The summed E-state index contributed by atoms with van der Waals surface area (Å²) in [6.07, 6.45) is 15.5. The van der Waals surface area contributed by atoms with Gasteiger partial charge in [-0.1, -0.05) is 24.3 Å². The van der Waals surface area contributed by atoms with E-state index in [0.717, 1.165) is 49.0 Å². The van der Waals surface area contributed by atoms with Crippen LogP contribution in [0.25, 0.3) is 0 Å². The zero-order valence-electron chi connectivity index (χ0n) is 29.8. The molecule has 6 rings (SSSR count). The largest absolute Gasteiger partial charge is 0.503 e. The van der Waals surface area contributed by atoms with Crippen LogP contribution in [0.2, 0.25) is 0 Å². The number of pyridine rings is 4. The first-order valence-electron chi connectivity index (χ1n) is 15.4. The quantitative estimate of drug-likeness (QED) is 0.133. The van der Waals surface area contributed by atoms with E-state index in [9.17, 15) is 0 Å². The molecule has 0 N–H and O–H groups in total. The number of hydrogen-bond acceptors (Lipinski definition) is 12. The molecule has 0 saturated heterocycles. The summed E-state index contributed by atoms with van der Waals surface area (Å²) in [5, 5.41) is 29.3. The molecule has 2 aliphatic rings. The number of hydrogen-bond donors (Lipinski definition) is 0. The third-order valence-electron chi connectivity index (χ3n) is 5.78. The Morgan fingerprint density at radius 2 is 0.623 bits per heavy atom. The van der Waals surface area contributed by atoms with Crippen LogP contribution in [0, 0.1) is 58.7 Å². The van der Waals surface area contributed by atoms with Gasteiger partial charge in [-0.25, -0.2) is 0 Å². The second kappa shape index (κ2) is 35.4. The molecule has 0 atom stereocenters. The van der Waals surface area contributed by atoms with E-state index in [1.54, 1.807) is 24.3 Å². The predicted octanol–water partition coefficient (Wildman–Crippen LogP) is 6.88. The van der Waals surface area contributed by atoms with Crippen molar-refractivity contribution in [3.63, 3.8) is 0 Å². The number of aromatic nitrogens is 4. The molecular weight excluding hydrogens is 949 g/mol. The fourth-order valence-corrected chi connectivity index (χ4v) is 3.97. The fourth-order valence-electron chi connectivity index (χ4n) is 3.97. The maximum Gasteiger partial charge on any atom is 0.0587 e.